The Morgan fingerprint density at radius 2 is 1.83 bits per heavy atom. The highest BCUT2D eigenvalue weighted by Gasteiger charge is 2.23. The molecular formula is C39H55N3. The molecular weight excluding hydrogens is 510 g/mol. The quantitative estimate of drug-likeness (QED) is 0.267. The SMILES string of the molecule is C=CC1Cc2cc(CC)ccc2/C=C(\C(CCC)CCC)c2ccc(C(=C)C)cc2N(C)C1.CN(C)CC1=NC=CC1. The third kappa shape index (κ3) is 9.16. The van der Waals surface area contributed by atoms with Gasteiger partial charge in [-0.2, -0.15) is 0 Å². The highest BCUT2D eigenvalue weighted by molar-refractivity contribution is 5.90. The Morgan fingerprint density at radius 3 is 2.40 bits per heavy atom. The van der Waals surface area contributed by atoms with Gasteiger partial charge in [0, 0.05) is 49.7 Å². The van der Waals surface area contributed by atoms with Crippen molar-refractivity contribution in [3.05, 3.63) is 95.7 Å². The van der Waals surface area contributed by atoms with Gasteiger partial charge < -0.3 is 9.80 Å². The van der Waals surface area contributed by atoms with Crippen LogP contribution in [0.1, 0.15) is 87.6 Å². The molecule has 42 heavy (non-hydrogen) atoms. The largest absolute Gasteiger partial charge is 0.373 e. The molecule has 1 atom stereocenters. The molecule has 3 nitrogen and oxygen atoms in total. The predicted octanol–water partition coefficient (Wildman–Crippen LogP) is 9.74. The minimum Gasteiger partial charge on any atom is -0.373 e. The van der Waals surface area contributed by atoms with Gasteiger partial charge in [0.2, 0.25) is 0 Å². The summed E-state index contributed by atoms with van der Waals surface area (Å²) in [6, 6.07) is 14.1. The number of aryl methyl sites for hydroxylation is 1. The van der Waals surface area contributed by atoms with E-state index < -0.39 is 0 Å². The lowest BCUT2D eigenvalue weighted by atomic mass is 9.81. The van der Waals surface area contributed by atoms with Crippen LogP contribution < -0.4 is 4.90 Å². The van der Waals surface area contributed by atoms with E-state index in [1.807, 2.05) is 6.20 Å². The molecule has 2 aliphatic rings. The van der Waals surface area contributed by atoms with Crippen LogP contribution in [0.2, 0.25) is 0 Å². The summed E-state index contributed by atoms with van der Waals surface area (Å²) in [6.45, 7) is 19.3. The van der Waals surface area contributed by atoms with Crippen LogP contribution in [0.4, 0.5) is 5.69 Å². The Labute approximate surface area is 257 Å². The predicted molar refractivity (Wildman–Crippen MR) is 189 cm³/mol. The minimum absolute atomic E-state index is 0.402. The Balaban J connectivity index is 0.000000458. The molecule has 1 unspecified atom stereocenters. The second-order valence-corrected chi connectivity index (χ2v) is 12.4. The highest BCUT2D eigenvalue weighted by Crippen LogP contribution is 2.40. The van der Waals surface area contributed by atoms with Crippen LogP contribution in [0.15, 0.2) is 72.9 Å². The van der Waals surface area contributed by atoms with Crippen LogP contribution in [0.5, 0.6) is 0 Å². The number of hydrogen-bond acceptors (Lipinski definition) is 3. The lowest BCUT2D eigenvalue weighted by molar-refractivity contribution is 0.468. The number of nitrogens with zero attached hydrogens (tertiary/aromatic N) is 3. The van der Waals surface area contributed by atoms with Gasteiger partial charge in [-0.15, -0.1) is 6.58 Å². The van der Waals surface area contributed by atoms with Gasteiger partial charge in [0.05, 0.1) is 0 Å². The first-order valence-electron chi connectivity index (χ1n) is 16.0. The number of hydrogen-bond donors (Lipinski definition) is 0. The number of aliphatic imine (C=N–C) groups is 1. The molecule has 3 heteroatoms. The molecule has 0 spiro atoms. The molecule has 0 amide bonds. The summed E-state index contributed by atoms with van der Waals surface area (Å²) >= 11 is 0. The monoisotopic (exact) mass is 565 g/mol. The lowest BCUT2D eigenvalue weighted by Gasteiger charge is -2.31. The average Bonchev–Trinajstić information content (AvgIpc) is 3.48. The van der Waals surface area contributed by atoms with E-state index >= 15 is 0 Å². The maximum absolute atomic E-state index is 4.22. The average molecular weight is 566 g/mol. The fraction of sp³-hybridized carbons (Fsp3) is 0.462. The van der Waals surface area contributed by atoms with E-state index in [1.165, 1.54) is 70.5 Å². The second kappa shape index (κ2) is 16.5. The summed E-state index contributed by atoms with van der Waals surface area (Å²) in [4.78, 5) is 8.75. The molecule has 2 heterocycles. The Morgan fingerprint density at radius 1 is 1.10 bits per heavy atom. The lowest BCUT2D eigenvalue weighted by Crippen LogP contribution is -2.27. The fourth-order valence-corrected chi connectivity index (χ4v) is 6.11. The molecule has 0 saturated heterocycles. The van der Waals surface area contributed by atoms with Gasteiger partial charge in [0.25, 0.3) is 0 Å². The summed E-state index contributed by atoms with van der Waals surface area (Å²) in [5, 5.41) is 0. The van der Waals surface area contributed by atoms with Crippen molar-refractivity contribution in [3.63, 3.8) is 0 Å². The third-order valence-corrected chi connectivity index (χ3v) is 8.39. The van der Waals surface area contributed by atoms with Crippen molar-refractivity contribution >= 4 is 28.6 Å². The van der Waals surface area contributed by atoms with Crippen LogP contribution in [-0.4, -0.2) is 44.8 Å². The van der Waals surface area contributed by atoms with Crippen molar-refractivity contribution in [2.75, 3.05) is 39.1 Å². The van der Waals surface area contributed by atoms with Crippen LogP contribution in [0, 0.1) is 11.8 Å². The molecule has 4 rings (SSSR count). The van der Waals surface area contributed by atoms with Crippen LogP contribution in [0.3, 0.4) is 0 Å². The number of anilines is 1. The van der Waals surface area contributed by atoms with E-state index in [1.54, 1.807) is 0 Å². The molecule has 226 valence electrons. The Bertz CT molecular complexity index is 1290. The van der Waals surface area contributed by atoms with Crippen molar-refractivity contribution in [2.45, 2.75) is 72.6 Å². The molecule has 2 aliphatic heterocycles. The maximum Gasteiger partial charge on any atom is 0.0446 e. The fourth-order valence-electron chi connectivity index (χ4n) is 6.11. The Kier molecular flexibility index (Phi) is 13.1. The van der Waals surface area contributed by atoms with Crippen molar-refractivity contribution < 1.29 is 0 Å². The van der Waals surface area contributed by atoms with Gasteiger partial charge in [-0.25, -0.2) is 0 Å². The number of allylic oxidation sites excluding steroid dienone is 3. The molecule has 0 aromatic heterocycles. The van der Waals surface area contributed by atoms with E-state index in [0.29, 0.717) is 11.8 Å². The zero-order chi connectivity index (χ0) is 30.6. The van der Waals surface area contributed by atoms with E-state index in [9.17, 15) is 0 Å². The van der Waals surface area contributed by atoms with Crippen molar-refractivity contribution in [1.29, 1.82) is 0 Å². The normalized spacial score (nSPS) is 17.5. The zero-order valence-corrected chi connectivity index (χ0v) is 27.5. The summed E-state index contributed by atoms with van der Waals surface area (Å²) in [5.41, 5.74) is 12.1. The van der Waals surface area contributed by atoms with Crippen LogP contribution in [0.25, 0.3) is 17.2 Å². The summed E-state index contributed by atoms with van der Waals surface area (Å²) in [7, 11) is 6.36. The molecule has 2 aromatic carbocycles. The van der Waals surface area contributed by atoms with Gasteiger partial charge in [-0.05, 0) is 92.4 Å². The molecule has 0 fully saturated rings. The molecule has 2 aromatic rings. The topological polar surface area (TPSA) is 18.8 Å². The Hall–Kier alpha value is -3.17. The minimum atomic E-state index is 0.402. The first-order valence-corrected chi connectivity index (χ1v) is 16.0. The van der Waals surface area contributed by atoms with E-state index in [2.05, 4.69) is 131 Å². The van der Waals surface area contributed by atoms with Gasteiger partial charge in [-0.3, -0.25) is 4.99 Å². The van der Waals surface area contributed by atoms with Crippen LogP contribution in [-0.2, 0) is 12.8 Å². The molecule has 0 radical (unpaired) electrons. The smallest absolute Gasteiger partial charge is 0.0446 e. The molecule has 0 bridgehead atoms. The maximum atomic E-state index is 4.22. The summed E-state index contributed by atoms with van der Waals surface area (Å²) in [5.74, 6) is 0.968. The summed E-state index contributed by atoms with van der Waals surface area (Å²) < 4.78 is 0. The number of rotatable bonds is 10. The third-order valence-electron chi connectivity index (χ3n) is 8.39. The first-order chi connectivity index (χ1) is 20.2. The van der Waals surface area contributed by atoms with E-state index in [-0.39, 0.29) is 0 Å². The molecule has 0 aliphatic carbocycles. The number of fused-ring (bicyclic) bond motifs is 2. The first kappa shape index (κ1) is 33.3. The second-order valence-electron chi connectivity index (χ2n) is 12.4. The standard InChI is InChI=1S/C32H43N.C7H12N2/c1-8-12-26(13-9-2)31-20-28-15-14-24(10-3)18-29(28)19-25(11-4)22-33(7)32-21-27(23(5)6)16-17-30(31)32;1-9(2)6-7-4-3-5-8-7/h11,14-18,20-21,25-26H,4-5,8-10,12-13,19,22H2,1-3,6-7H3;3,5H,4,6H2,1-2H3/b31-20+;. The zero-order valence-electron chi connectivity index (χ0n) is 27.5. The van der Waals surface area contributed by atoms with Crippen molar-refractivity contribution in [1.82, 2.24) is 4.90 Å². The highest BCUT2D eigenvalue weighted by atomic mass is 15.1. The summed E-state index contributed by atoms with van der Waals surface area (Å²) in [6.07, 6.45) is 16.6. The van der Waals surface area contributed by atoms with Gasteiger partial charge in [-0.1, -0.05) is 94.3 Å². The van der Waals surface area contributed by atoms with E-state index in [0.717, 1.165) is 37.9 Å². The number of benzene rings is 2. The van der Waals surface area contributed by atoms with Gasteiger partial charge >= 0.3 is 0 Å². The van der Waals surface area contributed by atoms with Gasteiger partial charge in [0.15, 0.2) is 0 Å². The molecule has 0 saturated carbocycles. The van der Waals surface area contributed by atoms with Crippen molar-refractivity contribution in [2.24, 2.45) is 16.8 Å². The van der Waals surface area contributed by atoms with Crippen molar-refractivity contribution in [3.8, 4) is 0 Å². The molecule has 0 N–H and O–H groups in total. The van der Waals surface area contributed by atoms with E-state index in [4.69, 9.17) is 0 Å². The van der Waals surface area contributed by atoms with Gasteiger partial charge in [0.1, 0.15) is 0 Å². The van der Waals surface area contributed by atoms with Crippen LogP contribution >= 0.6 is 0 Å².